The van der Waals surface area contributed by atoms with E-state index in [-0.39, 0.29) is 6.04 Å². The molecule has 19 heavy (non-hydrogen) atoms. The molecule has 0 aromatic heterocycles. The average molecular weight is 264 g/mol. The molecular weight excluding hydrogens is 236 g/mol. The van der Waals surface area contributed by atoms with E-state index >= 15 is 0 Å². The zero-order chi connectivity index (χ0) is 14.4. The van der Waals surface area contributed by atoms with E-state index in [0.717, 1.165) is 12.2 Å². The molecule has 0 saturated carbocycles. The minimum Gasteiger partial charge on any atom is -0.354 e. The van der Waals surface area contributed by atoms with Crippen molar-refractivity contribution >= 4 is 12.6 Å². The van der Waals surface area contributed by atoms with Gasteiger partial charge in [-0.1, -0.05) is 13.8 Å². The van der Waals surface area contributed by atoms with E-state index in [9.17, 15) is 0 Å². The Morgan fingerprint density at radius 3 is 2.74 bits per heavy atom. The highest BCUT2D eigenvalue weighted by atomic mass is 15.2. The number of rotatable bonds is 5. The molecule has 1 heterocycles. The number of nitrogens with two attached hydrogens (primary N) is 1. The third kappa shape index (κ3) is 4.78. The number of likely N-dealkylation sites (tertiary alicyclic amines) is 1. The molecule has 0 spiro atoms. The van der Waals surface area contributed by atoms with Gasteiger partial charge in [-0.15, -0.1) is 0 Å². The van der Waals surface area contributed by atoms with Crippen LogP contribution in [0.5, 0.6) is 0 Å². The Morgan fingerprint density at radius 1 is 1.53 bits per heavy atom. The maximum absolute atomic E-state index is 8.22. The van der Waals surface area contributed by atoms with Crippen LogP contribution >= 0.6 is 0 Å². The molecule has 4 nitrogen and oxygen atoms in total. The monoisotopic (exact) mass is 264 g/mol. The van der Waals surface area contributed by atoms with E-state index < -0.39 is 0 Å². The Labute approximate surface area is 117 Å². The predicted molar refractivity (Wildman–Crippen MR) is 82.8 cm³/mol. The molecular formula is C15H28N4. The van der Waals surface area contributed by atoms with E-state index in [1.807, 2.05) is 6.08 Å². The zero-order valence-corrected chi connectivity index (χ0v) is 12.5. The van der Waals surface area contributed by atoms with Crippen LogP contribution < -0.4 is 5.73 Å². The molecule has 4 heteroatoms. The molecule has 0 bridgehead atoms. The molecule has 108 valence electrons. The summed E-state index contributed by atoms with van der Waals surface area (Å²) in [7, 11) is 0. The lowest BCUT2D eigenvalue weighted by atomic mass is 9.99. The Bertz CT molecular complexity index is 346. The predicted octanol–water partition coefficient (Wildman–Crippen LogP) is 2.80. The molecule has 0 aromatic carbocycles. The largest absolute Gasteiger partial charge is 0.354 e. The van der Waals surface area contributed by atoms with Gasteiger partial charge in [0.25, 0.3) is 0 Å². The third-order valence-corrected chi connectivity index (χ3v) is 3.92. The summed E-state index contributed by atoms with van der Waals surface area (Å²) in [6, 6.07) is 0.519. The van der Waals surface area contributed by atoms with Crippen LogP contribution in [-0.4, -0.2) is 36.1 Å². The Kier molecular flexibility index (Phi) is 6.22. The zero-order valence-electron chi connectivity index (χ0n) is 12.5. The minimum absolute atomic E-state index is 0.0725. The standard InChI is InChI=1S/C15H28N4/c1-11(2)14(16)9-13(18-4)10-15(17)19-8-6-5-7-12(19)3/h10-12,14,17H,4-9,16H2,1-3H3/b13-10+,17-15?. The van der Waals surface area contributed by atoms with Gasteiger partial charge in [-0.3, -0.25) is 10.4 Å². The number of hydrogen-bond donors (Lipinski definition) is 2. The summed E-state index contributed by atoms with van der Waals surface area (Å²) in [4.78, 5) is 6.18. The fourth-order valence-corrected chi connectivity index (χ4v) is 2.34. The Morgan fingerprint density at radius 2 is 2.21 bits per heavy atom. The first kappa shape index (κ1) is 15.9. The van der Waals surface area contributed by atoms with Gasteiger partial charge in [0.15, 0.2) is 0 Å². The molecule has 2 atom stereocenters. The molecule has 1 aliphatic heterocycles. The maximum atomic E-state index is 8.22. The molecule has 0 amide bonds. The fourth-order valence-electron chi connectivity index (χ4n) is 2.34. The van der Waals surface area contributed by atoms with Crippen molar-refractivity contribution in [3.63, 3.8) is 0 Å². The molecule has 0 radical (unpaired) electrons. The Balaban J connectivity index is 2.68. The molecule has 0 aromatic rings. The number of nitrogens with one attached hydrogen (secondary N) is 1. The van der Waals surface area contributed by atoms with Gasteiger partial charge in [-0.05, 0) is 38.8 Å². The number of aliphatic imine (C=N–C) groups is 1. The molecule has 1 fully saturated rings. The first-order chi connectivity index (χ1) is 8.95. The average Bonchev–Trinajstić information content (AvgIpc) is 2.37. The van der Waals surface area contributed by atoms with Gasteiger partial charge in [0.1, 0.15) is 5.84 Å². The van der Waals surface area contributed by atoms with E-state index in [1.165, 1.54) is 19.3 Å². The van der Waals surface area contributed by atoms with Crippen molar-refractivity contribution in [2.45, 2.75) is 58.5 Å². The first-order valence-electron chi connectivity index (χ1n) is 7.23. The fraction of sp³-hybridized carbons (Fsp3) is 0.733. The van der Waals surface area contributed by atoms with Crippen molar-refractivity contribution in [3.05, 3.63) is 11.8 Å². The van der Waals surface area contributed by atoms with Crippen molar-refractivity contribution < 1.29 is 0 Å². The first-order valence-corrected chi connectivity index (χ1v) is 7.23. The number of nitrogens with zero attached hydrogens (tertiary/aromatic N) is 2. The Hall–Kier alpha value is -1.16. The normalized spacial score (nSPS) is 22.5. The highest BCUT2D eigenvalue weighted by Gasteiger charge is 2.20. The minimum atomic E-state index is 0.0725. The number of piperidine rings is 1. The van der Waals surface area contributed by atoms with Gasteiger partial charge >= 0.3 is 0 Å². The van der Waals surface area contributed by atoms with Crippen LogP contribution in [0.25, 0.3) is 0 Å². The van der Waals surface area contributed by atoms with Crippen LogP contribution in [0.1, 0.15) is 46.5 Å². The lowest BCUT2D eigenvalue weighted by molar-refractivity contribution is 0.258. The van der Waals surface area contributed by atoms with Crippen molar-refractivity contribution in [2.24, 2.45) is 16.6 Å². The molecule has 3 N–H and O–H groups in total. The summed E-state index contributed by atoms with van der Waals surface area (Å²) in [6.07, 6.45) is 6.11. The number of hydrogen-bond acceptors (Lipinski definition) is 3. The lowest BCUT2D eigenvalue weighted by Crippen LogP contribution is -2.41. The second-order valence-electron chi connectivity index (χ2n) is 5.83. The van der Waals surface area contributed by atoms with Gasteiger partial charge < -0.3 is 10.6 Å². The number of amidine groups is 1. The SMILES string of the molecule is C=N/C(=C/C(=N)N1CCCCC1C)CC(N)C(C)C. The van der Waals surface area contributed by atoms with Crippen molar-refractivity contribution in [1.29, 1.82) is 5.41 Å². The van der Waals surface area contributed by atoms with E-state index in [1.54, 1.807) is 0 Å². The van der Waals surface area contributed by atoms with E-state index in [4.69, 9.17) is 11.1 Å². The highest BCUT2D eigenvalue weighted by molar-refractivity contribution is 5.91. The van der Waals surface area contributed by atoms with Crippen molar-refractivity contribution in [2.75, 3.05) is 6.54 Å². The summed E-state index contributed by atoms with van der Waals surface area (Å²) >= 11 is 0. The molecule has 1 aliphatic rings. The summed E-state index contributed by atoms with van der Waals surface area (Å²) in [5.74, 6) is 0.957. The lowest BCUT2D eigenvalue weighted by Gasteiger charge is -2.34. The van der Waals surface area contributed by atoms with Crippen molar-refractivity contribution in [1.82, 2.24) is 4.90 Å². The molecule has 1 saturated heterocycles. The van der Waals surface area contributed by atoms with Gasteiger partial charge in [0.05, 0.1) is 0 Å². The van der Waals surface area contributed by atoms with Crippen molar-refractivity contribution in [3.8, 4) is 0 Å². The topological polar surface area (TPSA) is 65.5 Å². The quantitative estimate of drug-likeness (QED) is 0.592. The summed E-state index contributed by atoms with van der Waals surface area (Å²) in [5.41, 5.74) is 6.88. The van der Waals surface area contributed by atoms with Gasteiger partial charge in [0, 0.05) is 36.8 Å². The van der Waals surface area contributed by atoms with Crippen LogP contribution in [-0.2, 0) is 0 Å². The van der Waals surface area contributed by atoms with Crippen LogP contribution in [0.4, 0.5) is 0 Å². The molecule has 1 rings (SSSR count). The van der Waals surface area contributed by atoms with Crippen LogP contribution in [0.2, 0.25) is 0 Å². The van der Waals surface area contributed by atoms with Gasteiger partial charge in [-0.25, -0.2) is 0 Å². The summed E-state index contributed by atoms with van der Waals surface area (Å²) < 4.78 is 0. The van der Waals surface area contributed by atoms with Gasteiger partial charge in [0.2, 0.25) is 0 Å². The second-order valence-corrected chi connectivity index (χ2v) is 5.83. The van der Waals surface area contributed by atoms with E-state index in [2.05, 4.69) is 37.4 Å². The molecule has 2 unspecified atom stereocenters. The third-order valence-electron chi connectivity index (χ3n) is 3.92. The van der Waals surface area contributed by atoms with Crippen LogP contribution in [0.3, 0.4) is 0 Å². The summed E-state index contributed by atoms with van der Waals surface area (Å²) in [6.45, 7) is 11.0. The van der Waals surface area contributed by atoms with Crippen LogP contribution in [0, 0.1) is 11.3 Å². The highest BCUT2D eigenvalue weighted by Crippen LogP contribution is 2.18. The maximum Gasteiger partial charge on any atom is 0.122 e. The van der Waals surface area contributed by atoms with Crippen LogP contribution in [0.15, 0.2) is 16.8 Å². The second kappa shape index (κ2) is 7.43. The van der Waals surface area contributed by atoms with Gasteiger partial charge in [-0.2, -0.15) is 0 Å². The molecule has 0 aliphatic carbocycles. The van der Waals surface area contributed by atoms with E-state index in [0.29, 0.717) is 24.2 Å². The smallest absolute Gasteiger partial charge is 0.122 e. The summed E-state index contributed by atoms with van der Waals surface area (Å²) in [5, 5.41) is 8.22.